The highest BCUT2D eigenvalue weighted by atomic mass is 16.1. The molecule has 0 unspecified atom stereocenters. The molecular weight excluding hydrogens is 190 g/mol. The third kappa shape index (κ3) is 1.53. The molecule has 2 rings (SSSR count). The largest absolute Gasteiger partial charge is 0.325 e. The lowest BCUT2D eigenvalue weighted by Gasteiger charge is -2.06. The zero-order valence-electron chi connectivity index (χ0n) is 8.82. The molecule has 0 amide bonds. The van der Waals surface area contributed by atoms with Gasteiger partial charge in [0.1, 0.15) is 5.69 Å². The molecule has 0 saturated heterocycles. The summed E-state index contributed by atoms with van der Waals surface area (Å²) in [5.74, 6) is 0. The van der Waals surface area contributed by atoms with Crippen molar-refractivity contribution in [2.24, 2.45) is 12.8 Å². The second kappa shape index (κ2) is 3.47. The molecule has 0 radical (unpaired) electrons. The molecule has 0 fully saturated rings. The third-order valence-electron chi connectivity index (χ3n) is 2.49. The van der Waals surface area contributed by atoms with E-state index in [0.29, 0.717) is 5.69 Å². The molecule has 1 heterocycles. The van der Waals surface area contributed by atoms with Crippen LogP contribution in [0.5, 0.6) is 0 Å². The summed E-state index contributed by atoms with van der Waals surface area (Å²) in [7, 11) is 1.74. The van der Waals surface area contributed by atoms with Crippen molar-refractivity contribution in [1.82, 2.24) is 9.55 Å². The van der Waals surface area contributed by atoms with Gasteiger partial charge in [-0.3, -0.25) is 4.79 Å². The number of hydrogen-bond acceptors (Lipinski definition) is 3. The Hall–Kier alpha value is -1.68. The Morgan fingerprint density at radius 3 is 2.87 bits per heavy atom. The summed E-state index contributed by atoms with van der Waals surface area (Å²) in [5, 5.41) is 0. The molecule has 0 aliphatic carbocycles. The highest BCUT2D eigenvalue weighted by Gasteiger charge is 2.06. The summed E-state index contributed by atoms with van der Waals surface area (Å²) in [6, 6.07) is 5.82. The fraction of sp³-hybridized carbons (Fsp3) is 0.273. The van der Waals surface area contributed by atoms with Gasteiger partial charge in [0.15, 0.2) is 0 Å². The zero-order valence-corrected chi connectivity index (χ0v) is 8.82. The SMILES string of the molecule is Cc1ccc2c(c1)nc(CN)c(=O)n2C. The minimum Gasteiger partial charge on any atom is -0.325 e. The van der Waals surface area contributed by atoms with Crippen LogP contribution in [0.1, 0.15) is 11.3 Å². The Morgan fingerprint density at radius 1 is 1.47 bits per heavy atom. The minimum absolute atomic E-state index is 0.117. The van der Waals surface area contributed by atoms with Crippen molar-refractivity contribution in [3.05, 3.63) is 39.8 Å². The molecule has 4 nitrogen and oxygen atoms in total. The summed E-state index contributed by atoms with van der Waals surface area (Å²) in [5.41, 5.74) is 8.54. The van der Waals surface area contributed by atoms with Gasteiger partial charge < -0.3 is 10.3 Å². The number of nitrogens with zero attached hydrogens (tertiary/aromatic N) is 2. The summed E-state index contributed by atoms with van der Waals surface area (Å²) in [6.07, 6.45) is 0. The van der Waals surface area contributed by atoms with Crippen LogP contribution >= 0.6 is 0 Å². The normalized spacial score (nSPS) is 10.9. The Morgan fingerprint density at radius 2 is 2.20 bits per heavy atom. The van der Waals surface area contributed by atoms with E-state index in [4.69, 9.17) is 5.73 Å². The molecule has 0 atom stereocenters. The maximum Gasteiger partial charge on any atom is 0.273 e. The van der Waals surface area contributed by atoms with Crippen molar-refractivity contribution in [2.75, 3.05) is 0 Å². The second-order valence-corrected chi connectivity index (χ2v) is 3.62. The van der Waals surface area contributed by atoms with E-state index in [2.05, 4.69) is 4.98 Å². The zero-order chi connectivity index (χ0) is 11.0. The second-order valence-electron chi connectivity index (χ2n) is 3.62. The topological polar surface area (TPSA) is 60.9 Å². The number of aromatic nitrogens is 2. The Labute approximate surface area is 87.4 Å². The van der Waals surface area contributed by atoms with E-state index in [1.807, 2.05) is 25.1 Å². The highest BCUT2D eigenvalue weighted by molar-refractivity contribution is 5.75. The number of aryl methyl sites for hydroxylation is 2. The lowest BCUT2D eigenvalue weighted by Crippen LogP contribution is -2.25. The monoisotopic (exact) mass is 203 g/mol. The van der Waals surface area contributed by atoms with E-state index in [-0.39, 0.29) is 12.1 Å². The first-order chi connectivity index (χ1) is 7.13. The molecule has 0 spiro atoms. The van der Waals surface area contributed by atoms with Crippen molar-refractivity contribution in [3.63, 3.8) is 0 Å². The average Bonchev–Trinajstić information content (AvgIpc) is 2.23. The first kappa shape index (κ1) is 9.86. The van der Waals surface area contributed by atoms with Crippen molar-refractivity contribution < 1.29 is 0 Å². The van der Waals surface area contributed by atoms with Gasteiger partial charge >= 0.3 is 0 Å². The van der Waals surface area contributed by atoms with Gasteiger partial charge in [-0.2, -0.15) is 0 Å². The number of rotatable bonds is 1. The van der Waals surface area contributed by atoms with E-state index >= 15 is 0 Å². The van der Waals surface area contributed by atoms with Crippen LogP contribution in [-0.2, 0) is 13.6 Å². The van der Waals surface area contributed by atoms with Gasteiger partial charge in [0, 0.05) is 13.6 Å². The summed E-state index contributed by atoms with van der Waals surface area (Å²) in [4.78, 5) is 16.0. The van der Waals surface area contributed by atoms with Crippen LogP contribution in [-0.4, -0.2) is 9.55 Å². The maximum absolute atomic E-state index is 11.7. The van der Waals surface area contributed by atoms with Gasteiger partial charge in [0.25, 0.3) is 5.56 Å². The van der Waals surface area contributed by atoms with Crippen LogP contribution in [0.3, 0.4) is 0 Å². The van der Waals surface area contributed by atoms with Gasteiger partial charge in [-0.05, 0) is 24.6 Å². The van der Waals surface area contributed by atoms with Gasteiger partial charge in [0.2, 0.25) is 0 Å². The molecule has 0 aliphatic heterocycles. The number of benzene rings is 1. The number of nitrogens with two attached hydrogens (primary N) is 1. The van der Waals surface area contributed by atoms with Gasteiger partial charge in [-0.15, -0.1) is 0 Å². The fourth-order valence-electron chi connectivity index (χ4n) is 1.64. The van der Waals surface area contributed by atoms with Crippen LogP contribution < -0.4 is 11.3 Å². The predicted molar refractivity (Wildman–Crippen MR) is 59.6 cm³/mol. The molecule has 1 aromatic carbocycles. The quantitative estimate of drug-likeness (QED) is 0.742. The summed E-state index contributed by atoms with van der Waals surface area (Å²) < 4.78 is 1.59. The minimum atomic E-state index is -0.117. The molecule has 15 heavy (non-hydrogen) atoms. The molecule has 78 valence electrons. The Balaban J connectivity index is 2.91. The first-order valence-corrected chi connectivity index (χ1v) is 4.80. The lowest BCUT2D eigenvalue weighted by molar-refractivity contribution is 0.838. The van der Waals surface area contributed by atoms with Gasteiger partial charge in [-0.1, -0.05) is 6.07 Å². The smallest absolute Gasteiger partial charge is 0.273 e. The van der Waals surface area contributed by atoms with E-state index in [0.717, 1.165) is 16.6 Å². The van der Waals surface area contributed by atoms with Crippen LogP contribution in [0, 0.1) is 6.92 Å². The maximum atomic E-state index is 11.7. The van der Waals surface area contributed by atoms with Crippen molar-refractivity contribution in [1.29, 1.82) is 0 Å². The highest BCUT2D eigenvalue weighted by Crippen LogP contribution is 2.11. The third-order valence-corrected chi connectivity index (χ3v) is 2.49. The van der Waals surface area contributed by atoms with Crippen molar-refractivity contribution in [2.45, 2.75) is 13.5 Å². The summed E-state index contributed by atoms with van der Waals surface area (Å²) >= 11 is 0. The van der Waals surface area contributed by atoms with Gasteiger partial charge in [0.05, 0.1) is 11.0 Å². The van der Waals surface area contributed by atoms with Crippen LogP contribution in [0.4, 0.5) is 0 Å². The number of hydrogen-bond donors (Lipinski definition) is 1. The molecule has 2 N–H and O–H groups in total. The van der Waals surface area contributed by atoms with Crippen LogP contribution in [0.2, 0.25) is 0 Å². The van der Waals surface area contributed by atoms with Crippen LogP contribution in [0.15, 0.2) is 23.0 Å². The van der Waals surface area contributed by atoms with E-state index < -0.39 is 0 Å². The van der Waals surface area contributed by atoms with E-state index in [1.165, 1.54) is 0 Å². The predicted octanol–water partition coefficient (Wildman–Crippen LogP) is 0.701. The average molecular weight is 203 g/mol. The molecule has 2 aromatic rings. The number of fused-ring (bicyclic) bond motifs is 1. The Bertz CT molecular complexity index is 572. The lowest BCUT2D eigenvalue weighted by atomic mass is 10.2. The molecule has 0 saturated carbocycles. The molecule has 0 aliphatic rings. The molecule has 1 aromatic heterocycles. The first-order valence-electron chi connectivity index (χ1n) is 4.80. The fourth-order valence-corrected chi connectivity index (χ4v) is 1.64. The van der Waals surface area contributed by atoms with Crippen molar-refractivity contribution >= 4 is 11.0 Å². The standard InChI is InChI=1S/C11H13N3O/c1-7-3-4-10-8(5-7)13-9(6-12)11(15)14(10)2/h3-5H,6,12H2,1-2H3. The van der Waals surface area contributed by atoms with E-state index in [1.54, 1.807) is 11.6 Å². The molecule has 4 heteroatoms. The molecule has 0 bridgehead atoms. The molecular formula is C11H13N3O. The van der Waals surface area contributed by atoms with Crippen LogP contribution in [0.25, 0.3) is 11.0 Å². The van der Waals surface area contributed by atoms with Gasteiger partial charge in [-0.25, -0.2) is 4.98 Å². The summed E-state index contributed by atoms with van der Waals surface area (Å²) in [6.45, 7) is 2.17. The Kier molecular flexibility index (Phi) is 2.28. The van der Waals surface area contributed by atoms with Crippen molar-refractivity contribution in [3.8, 4) is 0 Å². The van der Waals surface area contributed by atoms with E-state index in [9.17, 15) is 4.79 Å².